The number of hydrogen-bond donors (Lipinski definition) is 1. The van der Waals surface area contributed by atoms with Crippen LogP contribution in [0, 0.1) is 11.3 Å². The number of benzene rings is 1. The predicted octanol–water partition coefficient (Wildman–Crippen LogP) is 3.51. The Morgan fingerprint density at radius 1 is 1.35 bits per heavy atom. The highest BCUT2D eigenvalue weighted by Crippen LogP contribution is 2.28. The molecular weight excluding hydrogens is 304 g/mol. The molecule has 0 fully saturated rings. The minimum Gasteiger partial charge on any atom is -0.339 e. The average Bonchev–Trinajstić information content (AvgIpc) is 2.35. The van der Waals surface area contributed by atoms with Crippen LogP contribution in [0.4, 0.5) is 11.5 Å². The molecule has 0 unspecified atom stereocenters. The lowest BCUT2D eigenvalue weighted by Crippen LogP contribution is -1.96. The lowest BCUT2D eigenvalue weighted by molar-refractivity contribution is 1.15. The number of hydrogen-bond acceptors (Lipinski definition) is 4. The fourth-order valence-electron chi connectivity index (χ4n) is 1.24. The summed E-state index contributed by atoms with van der Waals surface area (Å²) in [6.07, 6.45) is 1.36. The van der Waals surface area contributed by atoms with Crippen LogP contribution in [0.15, 0.2) is 35.1 Å². The van der Waals surface area contributed by atoms with E-state index in [0.717, 1.165) is 5.69 Å². The molecule has 0 aliphatic rings. The quantitative estimate of drug-likeness (QED) is 0.862. The Morgan fingerprint density at radius 2 is 2.18 bits per heavy atom. The third-order valence-corrected chi connectivity index (χ3v) is 3.27. The largest absolute Gasteiger partial charge is 0.339 e. The number of halogens is 2. The van der Waals surface area contributed by atoms with Crippen molar-refractivity contribution in [2.24, 2.45) is 0 Å². The maximum atomic E-state index is 8.79. The van der Waals surface area contributed by atoms with Gasteiger partial charge in [0.05, 0.1) is 16.1 Å². The first-order chi connectivity index (χ1) is 8.20. The van der Waals surface area contributed by atoms with Gasteiger partial charge in [-0.2, -0.15) is 5.26 Å². The molecule has 1 aromatic carbocycles. The third-order valence-electron chi connectivity index (χ3n) is 2.00. The van der Waals surface area contributed by atoms with Gasteiger partial charge in [0.1, 0.15) is 17.3 Å². The van der Waals surface area contributed by atoms with Crippen LogP contribution in [-0.2, 0) is 0 Å². The Kier molecular flexibility index (Phi) is 3.57. The van der Waals surface area contributed by atoms with Gasteiger partial charge in [-0.25, -0.2) is 9.97 Å². The van der Waals surface area contributed by atoms with E-state index < -0.39 is 0 Å². The summed E-state index contributed by atoms with van der Waals surface area (Å²) in [6, 6.07) is 9.15. The Bertz CT molecular complexity index is 594. The number of nitriles is 1. The van der Waals surface area contributed by atoms with Crippen molar-refractivity contribution in [3.63, 3.8) is 0 Å². The van der Waals surface area contributed by atoms with Crippen LogP contribution in [0.25, 0.3) is 0 Å². The lowest BCUT2D eigenvalue weighted by Gasteiger charge is -2.07. The number of nitrogens with zero attached hydrogens (tertiary/aromatic N) is 3. The molecule has 0 saturated carbocycles. The standard InChI is InChI=1S/C11H6BrClN4/c12-9-10(13)15-6-16-11(9)17-8-3-1-2-7(4-8)5-14/h1-4,6H,(H,15,16,17). The highest BCUT2D eigenvalue weighted by Gasteiger charge is 2.06. The Labute approximate surface area is 111 Å². The number of nitrogens with one attached hydrogen (secondary N) is 1. The summed E-state index contributed by atoms with van der Waals surface area (Å²) in [4.78, 5) is 7.88. The Morgan fingerprint density at radius 3 is 2.94 bits per heavy atom. The zero-order valence-corrected chi connectivity index (χ0v) is 10.8. The molecule has 0 amide bonds. The molecule has 84 valence electrons. The van der Waals surface area contributed by atoms with Gasteiger partial charge < -0.3 is 5.32 Å². The zero-order valence-electron chi connectivity index (χ0n) is 8.48. The number of anilines is 2. The van der Waals surface area contributed by atoms with Crippen molar-refractivity contribution in [3.05, 3.63) is 45.8 Å². The number of aromatic nitrogens is 2. The van der Waals surface area contributed by atoms with E-state index >= 15 is 0 Å². The third kappa shape index (κ3) is 2.73. The molecule has 0 spiro atoms. The van der Waals surface area contributed by atoms with Gasteiger partial charge >= 0.3 is 0 Å². The number of rotatable bonds is 2. The molecule has 0 saturated heterocycles. The van der Waals surface area contributed by atoms with Gasteiger partial charge in [0.2, 0.25) is 0 Å². The van der Waals surface area contributed by atoms with Crippen molar-refractivity contribution in [2.45, 2.75) is 0 Å². The first kappa shape index (κ1) is 11.8. The SMILES string of the molecule is N#Cc1cccc(Nc2ncnc(Cl)c2Br)c1. The van der Waals surface area contributed by atoms with Gasteiger partial charge in [0, 0.05) is 5.69 Å². The van der Waals surface area contributed by atoms with Crippen molar-refractivity contribution in [1.29, 1.82) is 5.26 Å². The fourth-order valence-corrected chi connectivity index (χ4v) is 1.68. The molecule has 0 bridgehead atoms. The monoisotopic (exact) mass is 308 g/mol. The molecule has 2 aromatic rings. The lowest BCUT2D eigenvalue weighted by atomic mass is 10.2. The molecule has 2 rings (SSSR count). The predicted molar refractivity (Wildman–Crippen MR) is 69.2 cm³/mol. The topological polar surface area (TPSA) is 61.6 Å². The zero-order chi connectivity index (χ0) is 12.3. The van der Waals surface area contributed by atoms with E-state index in [1.807, 2.05) is 6.07 Å². The van der Waals surface area contributed by atoms with Crippen LogP contribution in [0.3, 0.4) is 0 Å². The first-order valence-corrected chi connectivity index (χ1v) is 5.81. The molecule has 1 heterocycles. The van der Waals surface area contributed by atoms with Gasteiger partial charge in [-0.05, 0) is 34.1 Å². The van der Waals surface area contributed by atoms with Crippen LogP contribution in [0.5, 0.6) is 0 Å². The molecule has 17 heavy (non-hydrogen) atoms. The summed E-state index contributed by atoms with van der Waals surface area (Å²) < 4.78 is 0.587. The second kappa shape index (κ2) is 5.13. The van der Waals surface area contributed by atoms with Gasteiger partial charge in [0.15, 0.2) is 0 Å². The van der Waals surface area contributed by atoms with Gasteiger partial charge in [0.25, 0.3) is 0 Å². The second-order valence-electron chi connectivity index (χ2n) is 3.14. The summed E-state index contributed by atoms with van der Waals surface area (Å²) >= 11 is 9.14. The minimum atomic E-state index is 0.332. The normalized spacial score (nSPS) is 9.71. The molecule has 4 nitrogen and oxygen atoms in total. The van der Waals surface area contributed by atoms with Gasteiger partial charge in [-0.15, -0.1) is 0 Å². The van der Waals surface area contributed by atoms with Crippen LogP contribution < -0.4 is 5.32 Å². The molecule has 0 radical (unpaired) electrons. The average molecular weight is 310 g/mol. The summed E-state index contributed by atoms with van der Waals surface area (Å²) in [6.45, 7) is 0. The van der Waals surface area contributed by atoms with E-state index in [-0.39, 0.29) is 0 Å². The van der Waals surface area contributed by atoms with E-state index in [4.69, 9.17) is 16.9 Å². The van der Waals surface area contributed by atoms with Crippen molar-refractivity contribution in [1.82, 2.24) is 9.97 Å². The molecule has 1 N–H and O–H groups in total. The summed E-state index contributed by atoms with van der Waals surface area (Å²) in [5.74, 6) is 0.556. The Hall–Kier alpha value is -1.64. The maximum Gasteiger partial charge on any atom is 0.149 e. The molecule has 0 aliphatic heterocycles. The van der Waals surface area contributed by atoms with Crippen molar-refractivity contribution in [3.8, 4) is 6.07 Å². The maximum absolute atomic E-state index is 8.79. The van der Waals surface area contributed by atoms with Crippen LogP contribution >= 0.6 is 27.5 Å². The van der Waals surface area contributed by atoms with E-state index in [1.165, 1.54) is 6.33 Å². The highest BCUT2D eigenvalue weighted by atomic mass is 79.9. The van der Waals surface area contributed by atoms with E-state index in [9.17, 15) is 0 Å². The van der Waals surface area contributed by atoms with Crippen molar-refractivity contribution in [2.75, 3.05) is 5.32 Å². The highest BCUT2D eigenvalue weighted by molar-refractivity contribution is 9.10. The molecule has 0 atom stereocenters. The molecular formula is C11H6BrClN4. The van der Waals surface area contributed by atoms with Gasteiger partial charge in [-0.3, -0.25) is 0 Å². The fraction of sp³-hybridized carbons (Fsp3) is 0. The van der Waals surface area contributed by atoms with E-state index in [2.05, 4.69) is 37.3 Å². The minimum absolute atomic E-state index is 0.332. The summed E-state index contributed by atoms with van der Waals surface area (Å²) in [5, 5.41) is 12.2. The first-order valence-electron chi connectivity index (χ1n) is 4.64. The van der Waals surface area contributed by atoms with Crippen molar-refractivity contribution >= 4 is 39.0 Å². The van der Waals surface area contributed by atoms with E-state index in [1.54, 1.807) is 18.2 Å². The van der Waals surface area contributed by atoms with E-state index in [0.29, 0.717) is 21.0 Å². The van der Waals surface area contributed by atoms with Crippen molar-refractivity contribution < 1.29 is 0 Å². The van der Waals surface area contributed by atoms with Crippen LogP contribution in [0.1, 0.15) is 5.56 Å². The Balaban J connectivity index is 2.32. The second-order valence-corrected chi connectivity index (χ2v) is 4.30. The van der Waals surface area contributed by atoms with Crippen LogP contribution in [-0.4, -0.2) is 9.97 Å². The smallest absolute Gasteiger partial charge is 0.149 e. The van der Waals surface area contributed by atoms with Crippen LogP contribution in [0.2, 0.25) is 5.15 Å². The summed E-state index contributed by atoms with van der Waals surface area (Å²) in [7, 11) is 0. The molecule has 6 heteroatoms. The van der Waals surface area contributed by atoms with Gasteiger partial charge in [-0.1, -0.05) is 17.7 Å². The molecule has 0 aliphatic carbocycles. The molecule has 1 aromatic heterocycles. The summed E-state index contributed by atoms with van der Waals surface area (Å²) in [5.41, 5.74) is 1.34.